The van der Waals surface area contributed by atoms with Gasteiger partial charge in [-0.05, 0) is 18.9 Å². The molecule has 1 heterocycles. The molecule has 3 N–H and O–H groups in total. The van der Waals surface area contributed by atoms with Crippen LogP contribution in [-0.4, -0.2) is 23.5 Å². The molecule has 0 saturated carbocycles. The molecule has 1 rings (SSSR count). The highest BCUT2D eigenvalue weighted by atomic mass is 16.1. The van der Waals surface area contributed by atoms with Gasteiger partial charge < -0.3 is 11.1 Å². The van der Waals surface area contributed by atoms with Gasteiger partial charge in [-0.1, -0.05) is 38.5 Å². The Hall–Kier alpha value is -1.86. The zero-order chi connectivity index (χ0) is 15.0. The van der Waals surface area contributed by atoms with E-state index in [1.807, 2.05) is 6.92 Å². The highest BCUT2D eigenvalue weighted by Crippen LogP contribution is 2.14. The number of carbonyl (C=O) groups excluding carboxylic acids is 1. The Morgan fingerprint density at radius 1 is 1.45 bits per heavy atom. The summed E-state index contributed by atoms with van der Waals surface area (Å²) in [4.78, 5) is 16.3. The smallest absolute Gasteiger partial charge is 0.252 e. The van der Waals surface area contributed by atoms with Crippen LogP contribution in [0.25, 0.3) is 0 Å². The van der Waals surface area contributed by atoms with Gasteiger partial charge in [-0.3, -0.25) is 9.78 Å². The Bertz CT molecular complexity index is 498. The van der Waals surface area contributed by atoms with Crippen molar-refractivity contribution in [2.24, 2.45) is 11.7 Å². The normalized spacial score (nSPS) is 11.7. The summed E-state index contributed by atoms with van der Waals surface area (Å²) in [5.74, 6) is 6.02. The van der Waals surface area contributed by atoms with Crippen molar-refractivity contribution in [1.29, 1.82) is 0 Å². The standard InChI is InChI=1S/C16H23N3O/c1-4-13(5-2)12(3)19-16(20)15-8-10-18-11-14(15)7-6-9-17/h8,10-13H,4-5,9,17H2,1-3H3,(H,19,20). The molecular weight excluding hydrogens is 250 g/mol. The molecule has 0 radical (unpaired) electrons. The SMILES string of the molecule is CCC(CC)C(C)NC(=O)c1ccncc1C#CCN. The molecule has 20 heavy (non-hydrogen) atoms. The van der Waals surface area contributed by atoms with Gasteiger partial charge in [0.15, 0.2) is 0 Å². The van der Waals surface area contributed by atoms with Gasteiger partial charge in [-0.15, -0.1) is 0 Å². The van der Waals surface area contributed by atoms with Crippen LogP contribution in [0.1, 0.15) is 49.5 Å². The highest BCUT2D eigenvalue weighted by molar-refractivity contribution is 5.96. The van der Waals surface area contributed by atoms with Crippen LogP contribution in [0, 0.1) is 17.8 Å². The van der Waals surface area contributed by atoms with Crippen molar-refractivity contribution in [3.63, 3.8) is 0 Å². The van der Waals surface area contributed by atoms with Gasteiger partial charge in [0.2, 0.25) is 0 Å². The number of nitrogens with zero attached hydrogens (tertiary/aromatic N) is 1. The Morgan fingerprint density at radius 2 is 2.15 bits per heavy atom. The van der Waals surface area contributed by atoms with E-state index in [-0.39, 0.29) is 18.5 Å². The minimum Gasteiger partial charge on any atom is -0.349 e. The third kappa shape index (κ3) is 4.36. The van der Waals surface area contributed by atoms with E-state index >= 15 is 0 Å². The molecule has 1 atom stereocenters. The van der Waals surface area contributed by atoms with Crippen LogP contribution in [-0.2, 0) is 0 Å². The van der Waals surface area contributed by atoms with Crippen molar-refractivity contribution in [2.45, 2.75) is 39.7 Å². The number of amides is 1. The summed E-state index contributed by atoms with van der Waals surface area (Å²) < 4.78 is 0. The average Bonchev–Trinajstić information content (AvgIpc) is 2.46. The van der Waals surface area contributed by atoms with Crippen LogP contribution in [0.2, 0.25) is 0 Å². The molecule has 0 aliphatic heterocycles. The maximum absolute atomic E-state index is 12.3. The van der Waals surface area contributed by atoms with Crippen molar-refractivity contribution in [3.8, 4) is 11.8 Å². The largest absolute Gasteiger partial charge is 0.349 e. The predicted octanol–water partition coefficient (Wildman–Crippen LogP) is 1.95. The van der Waals surface area contributed by atoms with Gasteiger partial charge >= 0.3 is 0 Å². The Labute approximate surface area is 121 Å². The zero-order valence-electron chi connectivity index (χ0n) is 12.4. The molecule has 1 amide bonds. The van der Waals surface area contributed by atoms with Crippen LogP contribution in [0.5, 0.6) is 0 Å². The van der Waals surface area contributed by atoms with Gasteiger partial charge in [0.1, 0.15) is 0 Å². The first-order chi connectivity index (χ1) is 9.63. The molecule has 4 nitrogen and oxygen atoms in total. The summed E-state index contributed by atoms with van der Waals surface area (Å²) in [5, 5.41) is 3.05. The van der Waals surface area contributed by atoms with E-state index < -0.39 is 0 Å². The summed E-state index contributed by atoms with van der Waals surface area (Å²) in [6.07, 6.45) is 5.30. The third-order valence-electron chi connectivity index (χ3n) is 3.51. The van der Waals surface area contributed by atoms with Gasteiger partial charge in [0, 0.05) is 18.4 Å². The van der Waals surface area contributed by atoms with E-state index in [2.05, 4.69) is 36.0 Å². The van der Waals surface area contributed by atoms with Crippen LogP contribution in [0.15, 0.2) is 18.5 Å². The summed E-state index contributed by atoms with van der Waals surface area (Å²) in [7, 11) is 0. The molecule has 0 saturated heterocycles. The number of rotatable bonds is 5. The molecule has 4 heteroatoms. The zero-order valence-corrected chi connectivity index (χ0v) is 12.4. The minimum atomic E-state index is -0.104. The molecule has 1 aromatic rings. The fourth-order valence-electron chi connectivity index (χ4n) is 2.24. The van der Waals surface area contributed by atoms with Crippen molar-refractivity contribution in [2.75, 3.05) is 6.54 Å². The van der Waals surface area contributed by atoms with Crippen LogP contribution in [0.3, 0.4) is 0 Å². The van der Waals surface area contributed by atoms with E-state index in [1.165, 1.54) is 0 Å². The number of nitrogens with one attached hydrogen (secondary N) is 1. The molecule has 1 aromatic heterocycles. The summed E-state index contributed by atoms with van der Waals surface area (Å²) in [5.41, 5.74) is 6.54. The summed E-state index contributed by atoms with van der Waals surface area (Å²) in [6.45, 7) is 6.59. The second kappa shape index (κ2) is 8.34. The second-order valence-corrected chi connectivity index (χ2v) is 4.77. The van der Waals surface area contributed by atoms with E-state index in [0.29, 0.717) is 17.0 Å². The predicted molar refractivity (Wildman–Crippen MR) is 81.2 cm³/mol. The lowest BCUT2D eigenvalue weighted by Crippen LogP contribution is -2.38. The van der Waals surface area contributed by atoms with Crippen LogP contribution >= 0.6 is 0 Å². The van der Waals surface area contributed by atoms with Crippen molar-refractivity contribution in [1.82, 2.24) is 10.3 Å². The Kier molecular flexibility index (Phi) is 6.75. The highest BCUT2D eigenvalue weighted by Gasteiger charge is 2.18. The van der Waals surface area contributed by atoms with E-state index in [4.69, 9.17) is 5.73 Å². The topological polar surface area (TPSA) is 68.0 Å². The van der Waals surface area contributed by atoms with Crippen molar-refractivity contribution in [3.05, 3.63) is 29.6 Å². The molecule has 0 spiro atoms. The quantitative estimate of drug-likeness (QED) is 0.806. The van der Waals surface area contributed by atoms with Gasteiger partial charge in [0.25, 0.3) is 5.91 Å². The van der Waals surface area contributed by atoms with Crippen molar-refractivity contribution < 1.29 is 4.79 Å². The number of aromatic nitrogens is 1. The lowest BCUT2D eigenvalue weighted by molar-refractivity contribution is 0.0925. The molecule has 0 fully saturated rings. The fourth-order valence-corrected chi connectivity index (χ4v) is 2.24. The van der Waals surface area contributed by atoms with Crippen molar-refractivity contribution >= 4 is 5.91 Å². The first-order valence-electron chi connectivity index (χ1n) is 7.07. The minimum absolute atomic E-state index is 0.104. The molecular formula is C16H23N3O. The van der Waals surface area contributed by atoms with E-state index in [9.17, 15) is 4.79 Å². The summed E-state index contributed by atoms with van der Waals surface area (Å²) >= 11 is 0. The summed E-state index contributed by atoms with van der Waals surface area (Å²) in [6, 6.07) is 1.83. The molecule has 0 aromatic carbocycles. The number of hydrogen-bond donors (Lipinski definition) is 2. The number of hydrogen-bond acceptors (Lipinski definition) is 3. The fraction of sp³-hybridized carbons (Fsp3) is 0.500. The number of pyridine rings is 1. The first kappa shape index (κ1) is 16.2. The lowest BCUT2D eigenvalue weighted by atomic mass is 9.95. The second-order valence-electron chi connectivity index (χ2n) is 4.77. The van der Waals surface area contributed by atoms with Gasteiger partial charge in [-0.25, -0.2) is 0 Å². The molecule has 0 bridgehead atoms. The van der Waals surface area contributed by atoms with Crippen LogP contribution < -0.4 is 11.1 Å². The molecule has 1 unspecified atom stereocenters. The molecule has 0 aliphatic carbocycles. The lowest BCUT2D eigenvalue weighted by Gasteiger charge is -2.22. The van der Waals surface area contributed by atoms with E-state index in [0.717, 1.165) is 12.8 Å². The van der Waals surface area contributed by atoms with Gasteiger partial charge in [0.05, 0.1) is 17.7 Å². The Morgan fingerprint density at radius 3 is 2.75 bits per heavy atom. The van der Waals surface area contributed by atoms with Crippen LogP contribution in [0.4, 0.5) is 0 Å². The Balaban J connectivity index is 2.87. The number of nitrogens with two attached hydrogens (primary N) is 1. The maximum atomic E-state index is 12.3. The monoisotopic (exact) mass is 273 g/mol. The number of carbonyl (C=O) groups is 1. The molecule has 108 valence electrons. The average molecular weight is 273 g/mol. The first-order valence-corrected chi connectivity index (χ1v) is 7.07. The third-order valence-corrected chi connectivity index (χ3v) is 3.51. The van der Waals surface area contributed by atoms with E-state index in [1.54, 1.807) is 18.5 Å². The van der Waals surface area contributed by atoms with Gasteiger partial charge in [-0.2, -0.15) is 0 Å². The molecule has 0 aliphatic rings. The maximum Gasteiger partial charge on any atom is 0.252 e.